The van der Waals surface area contributed by atoms with Crippen LogP contribution in [0.5, 0.6) is 0 Å². The molecule has 0 N–H and O–H groups in total. The fourth-order valence-corrected chi connectivity index (χ4v) is 2.26. The second kappa shape index (κ2) is 5.51. The molecule has 0 radical (unpaired) electrons. The van der Waals surface area contributed by atoms with Gasteiger partial charge in [-0.1, -0.05) is 13.8 Å². The summed E-state index contributed by atoms with van der Waals surface area (Å²) in [7, 11) is 0. The monoisotopic (exact) mass is 268 g/mol. The van der Waals surface area contributed by atoms with E-state index in [-0.39, 0.29) is 11.5 Å². The van der Waals surface area contributed by atoms with E-state index in [4.69, 9.17) is 9.73 Å². The molecule has 0 aromatic rings. The van der Waals surface area contributed by atoms with Gasteiger partial charge in [0.15, 0.2) is 0 Å². The smallest absolute Gasteiger partial charge is 0.410 e. The van der Waals surface area contributed by atoms with E-state index in [1.54, 1.807) is 4.90 Å². The van der Waals surface area contributed by atoms with Crippen LogP contribution in [-0.4, -0.2) is 41.4 Å². The summed E-state index contributed by atoms with van der Waals surface area (Å²) in [5.41, 5.74) is 0.703. The molecule has 0 aromatic carbocycles. The van der Waals surface area contributed by atoms with Crippen LogP contribution in [-0.2, 0) is 4.74 Å². The molecule has 0 aromatic heterocycles. The zero-order valence-electron chi connectivity index (χ0n) is 13.4. The van der Waals surface area contributed by atoms with Crippen molar-refractivity contribution in [3.05, 3.63) is 0 Å². The molecule has 0 bridgehead atoms. The second-order valence-electron chi connectivity index (χ2n) is 7.21. The molecule has 1 fully saturated rings. The molecule has 0 aliphatic carbocycles. The topological polar surface area (TPSA) is 41.9 Å². The minimum absolute atomic E-state index is 0.0700. The SMILES string of the molecule is CC(C)N=C1CCN(C(=O)OC(C)(C)C)CC1(C)C. The summed E-state index contributed by atoms with van der Waals surface area (Å²) in [6, 6.07) is 0.308. The quantitative estimate of drug-likeness (QED) is 0.730. The number of piperidine rings is 1. The summed E-state index contributed by atoms with van der Waals surface area (Å²) in [5.74, 6) is 0. The summed E-state index contributed by atoms with van der Waals surface area (Å²) in [6.45, 7) is 15.5. The summed E-state index contributed by atoms with van der Waals surface area (Å²) < 4.78 is 5.43. The number of nitrogens with zero attached hydrogens (tertiary/aromatic N) is 2. The first-order valence-electron chi connectivity index (χ1n) is 7.06. The van der Waals surface area contributed by atoms with E-state index in [1.165, 1.54) is 5.71 Å². The Hall–Kier alpha value is -1.06. The molecule has 4 heteroatoms. The van der Waals surface area contributed by atoms with Gasteiger partial charge in [-0.2, -0.15) is 0 Å². The number of amides is 1. The molecule has 4 nitrogen and oxygen atoms in total. The minimum atomic E-state index is -0.437. The van der Waals surface area contributed by atoms with E-state index in [9.17, 15) is 4.79 Å². The Bertz CT molecular complexity index is 365. The molecule has 1 saturated heterocycles. The Labute approximate surface area is 117 Å². The largest absolute Gasteiger partial charge is 0.444 e. The fraction of sp³-hybridized carbons (Fsp3) is 0.867. The average molecular weight is 268 g/mol. The Balaban J connectivity index is 2.73. The number of ether oxygens (including phenoxy) is 1. The highest BCUT2D eigenvalue weighted by molar-refractivity contribution is 5.91. The van der Waals surface area contributed by atoms with E-state index in [2.05, 4.69) is 27.7 Å². The highest BCUT2D eigenvalue weighted by Gasteiger charge is 2.36. The maximum Gasteiger partial charge on any atom is 0.410 e. The minimum Gasteiger partial charge on any atom is -0.444 e. The van der Waals surface area contributed by atoms with Gasteiger partial charge in [0.25, 0.3) is 0 Å². The Morgan fingerprint density at radius 3 is 2.37 bits per heavy atom. The van der Waals surface area contributed by atoms with Crippen molar-refractivity contribution in [1.29, 1.82) is 0 Å². The third kappa shape index (κ3) is 4.84. The van der Waals surface area contributed by atoms with Crippen LogP contribution in [0, 0.1) is 5.41 Å². The fourth-order valence-electron chi connectivity index (χ4n) is 2.26. The normalized spacial score (nSPS) is 21.9. The first-order valence-corrected chi connectivity index (χ1v) is 7.06. The van der Waals surface area contributed by atoms with Gasteiger partial charge in [0.2, 0.25) is 0 Å². The molecule has 1 aliphatic heterocycles. The summed E-state index contributed by atoms with van der Waals surface area (Å²) in [4.78, 5) is 18.6. The maximum absolute atomic E-state index is 12.1. The second-order valence-corrected chi connectivity index (χ2v) is 7.21. The van der Waals surface area contributed by atoms with Crippen molar-refractivity contribution in [3.63, 3.8) is 0 Å². The highest BCUT2D eigenvalue weighted by Crippen LogP contribution is 2.28. The molecule has 0 atom stereocenters. The lowest BCUT2D eigenvalue weighted by Crippen LogP contribution is -2.50. The van der Waals surface area contributed by atoms with Crippen molar-refractivity contribution in [2.45, 2.75) is 66.5 Å². The standard InChI is InChI=1S/C15H28N2O2/c1-11(2)16-12-8-9-17(10-15(12,6)7)13(18)19-14(3,4)5/h11H,8-10H2,1-7H3. The van der Waals surface area contributed by atoms with E-state index < -0.39 is 5.60 Å². The summed E-state index contributed by atoms with van der Waals surface area (Å²) in [6.07, 6.45) is 0.619. The van der Waals surface area contributed by atoms with Crippen LogP contribution in [0.15, 0.2) is 4.99 Å². The molecule has 19 heavy (non-hydrogen) atoms. The van der Waals surface area contributed by atoms with E-state index in [1.807, 2.05) is 20.8 Å². The number of hydrogen-bond acceptors (Lipinski definition) is 3. The van der Waals surface area contributed by atoms with Gasteiger partial charge in [-0.3, -0.25) is 4.99 Å². The first kappa shape index (κ1) is 16.0. The average Bonchev–Trinajstić information content (AvgIpc) is 2.17. The lowest BCUT2D eigenvalue weighted by molar-refractivity contribution is 0.0192. The number of carbonyl (C=O) groups is 1. The van der Waals surface area contributed by atoms with Gasteiger partial charge in [-0.25, -0.2) is 4.79 Å². The number of likely N-dealkylation sites (tertiary alicyclic amines) is 1. The molecule has 0 saturated carbocycles. The molecule has 1 aliphatic rings. The predicted molar refractivity (Wildman–Crippen MR) is 78.8 cm³/mol. The lowest BCUT2D eigenvalue weighted by atomic mass is 9.82. The number of hydrogen-bond donors (Lipinski definition) is 0. The van der Waals surface area contributed by atoms with Gasteiger partial charge >= 0.3 is 6.09 Å². The van der Waals surface area contributed by atoms with Crippen molar-refractivity contribution >= 4 is 11.8 Å². The zero-order valence-corrected chi connectivity index (χ0v) is 13.4. The van der Waals surface area contributed by atoms with Crippen LogP contribution in [0.4, 0.5) is 4.79 Å². The lowest BCUT2D eigenvalue weighted by Gasteiger charge is -2.40. The van der Waals surface area contributed by atoms with Crippen LogP contribution in [0.25, 0.3) is 0 Å². The van der Waals surface area contributed by atoms with E-state index >= 15 is 0 Å². The summed E-state index contributed by atoms with van der Waals surface area (Å²) in [5, 5.41) is 0. The van der Waals surface area contributed by atoms with Crippen molar-refractivity contribution < 1.29 is 9.53 Å². The van der Waals surface area contributed by atoms with E-state index in [0.29, 0.717) is 19.1 Å². The number of carbonyl (C=O) groups excluding carboxylic acids is 1. The van der Waals surface area contributed by atoms with Crippen LogP contribution in [0.3, 0.4) is 0 Å². The molecule has 0 unspecified atom stereocenters. The third-order valence-corrected chi connectivity index (χ3v) is 3.05. The van der Waals surface area contributed by atoms with Crippen LogP contribution >= 0.6 is 0 Å². The molecular formula is C15H28N2O2. The molecule has 110 valence electrons. The van der Waals surface area contributed by atoms with Crippen molar-refractivity contribution in [3.8, 4) is 0 Å². The molecular weight excluding hydrogens is 240 g/mol. The Morgan fingerprint density at radius 1 is 1.37 bits per heavy atom. The third-order valence-electron chi connectivity index (χ3n) is 3.05. The molecule has 1 heterocycles. The van der Waals surface area contributed by atoms with Gasteiger partial charge in [0.1, 0.15) is 5.60 Å². The molecule has 1 amide bonds. The van der Waals surface area contributed by atoms with Crippen molar-refractivity contribution in [2.24, 2.45) is 10.4 Å². The van der Waals surface area contributed by atoms with Crippen molar-refractivity contribution in [2.75, 3.05) is 13.1 Å². The van der Waals surface area contributed by atoms with Crippen molar-refractivity contribution in [1.82, 2.24) is 4.90 Å². The zero-order chi connectivity index (χ0) is 14.8. The van der Waals surface area contributed by atoms with E-state index in [0.717, 1.165) is 6.42 Å². The Kier molecular flexibility index (Phi) is 4.64. The summed E-state index contributed by atoms with van der Waals surface area (Å²) >= 11 is 0. The molecule has 0 spiro atoms. The predicted octanol–water partition coefficient (Wildman–Crippen LogP) is 3.50. The van der Waals surface area contributed by atoms with Crippen LogP contribution < -0.4 is 0 Å². The Morgan fingerprint density at radius 2 is 1.95 bits per heavy atom. The van der Waals surface area contributed by atoms with Gasteiger partial charge in [0, 0.05) is 36.7 Å². The number of aliphatic imine (C=N–C) groups is 1. The van der Waals surface area contributed by atoms with Gasteiger partial charge in [-0.15, -0.1) is 0 Å². The highest BCUT2D eigenvalue weighted by atomic mass is 16.6. The van der Waals surface area contributed by atoms with Crippen LogP contribution in [0.2, 0.25) is 0 Å². The first-order chi connectivity index (χ1) is 8.51. The van der Waals surface area contributed by atoms with Gasteiger partial charge in [0.05, 0.1) is 0 Å². The van der Waals surface area contributed by atoms with Gasteiger partial charge in [-0.05, 0) is 34.6 Å². The maximum atomic E-state index is 12.1. The van der Waals surface area contributed by atoms with Gasteiger partial charge < -0.3 is 9.64 Å². The number of rotatable bonds is 1. The molecule has 1 rings (SSSR count). The van der Waals surface area contributed by atoms with Crippen LogP contribution in [0.1, 0.15) is 54.9 Å².